The van der Waals surface area contributed by atoms with E-state index >= 15 is 0 Å². The van der Waals surface area contributed by atoms with Crippen molar-refractivity contribution in [3.8, 4) is 11.8 Å². The topological polar surface area (TPSA) is 41.6 Å². The Morgan fingerprint density at radius 3 is 2.68 bits per heavy atom. The predicted molar refractivity (Wildman–Crippen MR) is 70.3 cm³/mol. The minimum Gasteiger partial charge on any atom is -0.298 e. The summed E-state index contributed by atoms with van der Waals surface area (Å²) in [6.45, 7) is 0. The Morgan fingerprint density at radius 1 is 1.16 bits per heavy atom. The fourth-order valence-corrected chi connectivity index (χ4v) is 2.18. The Kier molecular flexibility index (Phi) is 2.73. The lowest BCUT2D eigenvalue weighted by Crippen LogP contribution is -1.97. The number of aromatic nitrogens is 2. The predicted octanol–water partition coefficient (Wildman–Crippen LogP) is 3.23. The number of fused-ring (bicyclic) bond motifs is 1. The molecule has 0 atom stereocenters. The zero-order chi connectivity index (χ0) is 13.2. The number of hydrogen-bond donors (Lipinski definition) is 0. The summed E-state index contributed by atoms with van der Waals surface area (Å²) >= 11 is 0. The highest BCUT2D eigenvalue weighted by molar-refractivity contribution is 5.81. The quantitative estimate of drug-likeness (QED) is 0.701. The van der Waals surface area contributed by atoms with Crippen LogP contribution in [-0.4, -0.2) is 9.55 Å². The molecule has 0 N–H and O–H groups in total. The molecule has 0 saturated carbocycles. The molecule has 2 aromatic carbocycles. The van der Waals surface area contributed by atoms with Crippen molar-refractivity contribution in [3.63, 3.8) is 0 Å². The van der Waals surface area contributed by atoms with Gasteiger partial charge in [-0.3, -0.25) is 4.57 Å². The molecule has 19 heavy (non-hydrogen) atoms. The van der Waals surface area contributed by atoms with E-state index in [-0.39, 0.29) is 12.2 Å². The van der Waals surface area contributed by atoms with Crippen LogP contribution in [0.2, 0.25) is 0 Å². The SMILES string of the molecule is N#CCc1c(F)ccc2ncn(-c3ccccc3)c12. The molecule has 0 amide bonds. The van der Waals surface area contributed by atoms with Crippen LogP contribution < -0.4 is 0 Å². The molecule has 0 bridgehead atoms. The van der Waals surface area contributed by atoms with E-state index in [2.05, 4.69) is 4.98 Å². The first-order valence-corrected chi connectivity index (χ1v) is 5.88. The number of nitrogens with zero attached hydrogens (tertiary/aromatic N) is 3. The van der Waals surface area contributed by atoms with E-state index in [4.69, 9.17) is 5.26 Å². The molecule has 0 radical (unpaired) electrons. The molecule has 0 saturated heterocycles. The lowest BCUT2D eigenvalue weighted by atomic mass is 10.1. The molecule has 0 spiro atoms. The van der Waals surface area contributed by atoms with E-state index in [0.717, 1.165) is 5.69 Å². The molecule has 3 rings (SSSR count). The van der Waals surface area contributed by atoms with Crippen LogP contribution in [-0.2, 0) is 6.42 Å². The van der Waals surface area contributed by atoms with Crippen LogP contribution in [0.3, 0.4) is 0 Å². The second-order valence-corrected chi connectivity index (χ2v) is 4.18. The van der Waals surface area contributed by atoms with Crippen molar-refractivity contribution >= 4 is 11.0 Å². The van der Waals surface area contributed by atoms with E-state index < -0.39 is 0 Å². The fourth-order valence-electron chi connectivity index (χ4n) is 2.18. The number of hydrogen-bond acceptors (Lipinski definition) is 2. The molecule has 0 aliphatic carbocycles. The van der Waals surface area contributed by atoms with Crippen molar-refractivity contribution in [3.05, 3.63) is 60.2 Å². The third kappa shape index (κ3) is 1.85. The smallest absolute Gasteiger partial charge is 0.129 e. The van der Waals surface area contributed by atoms with Crippen LogP contribution >= 0.6 is 0 Å². The number of halogens is 1. The zero-order valence-electron chi connectivity index (χ0n) is 10.0. The number of imidazole rings is 1. The van der Waals surface area contributed by atoms with Crippen LogP contribution in [0.1, 0.15) is 5.56 Å². The fraction of sp³-hybridized carbons (Fsp3) is 0.0667. The van der Waals surface area contributed by atoms with Crippen LogP contribution in [0.25, 0.3) is 16.7 Å². The molecular weight excluding hydrogens is 241 g/mol. The standard InChI is InChI=1S/C15H10FN3/c16-13-6-7-14-15(12(13)8-9-17)19(10-18-14)11-4-2-1-3-5-11/h1-7,10H,8H2. The van der Waals surface area contributed by atoms with Crippen LogP contribution in [0.5, 0.6) is 0 Å². The summed E-state index contributed by atoms with van der Waals surface area (Å²) in [5, 5.41) is 8.86. The van der Waals surface area contributed by atoms with E-state index in [1.807, 2.05) is 41.0 Å². The Hall–Kier alpha value is -2.67. The maximum absolute atomic E-state index is 13.9. The largest absolute Gasteiger partial charge is 0.298 e. The van der Waals surface area contributed by atoms with Gasteiger partial charge >= 0.3 is 0 Å². The summed E-state index contributed by atoms with van der Waals surface area (Å²) in [6, 6.07) is 14.6. The first kappa shape index (κ1) is 11.4. The molecule has 0 aliphatic rings. The van der Waals surface area contributed by atoms with Gasteiger partial charge < -0.3 is 0 Å². The van der Waals surface area contributed by atoms with Crippen molar-refractivity contribution in [2.45, 2.75) is 6.42 Å². The summed E-state index contributed by atoms with van der Waals surface area (Å²) in [7, 11) is 0. The van der Waals surface area contributed by atoms with Gasteiger partial charge in [-0.15, -0.1) is 0 Å². The second-order valence-electron chi connectivity index (χ2n) is 4.18. The average molecular weight is 251 g/mol. The highest BCUT2D eigenvalue weighted by atomic mass is 19.1. The first-order chi connectivity index (χ1) is 9.31. The van der Waals surface area contributed by atoms with E-state index in [0.29, 0.717) is 16.6 Å². The molecule has 0 fully saturated rings. The Labute approximate surface area is 109 Å². The van der Waals surface area contributed by atoms with Crippen molar-refractivity contribution in [2.24, 2.45) is 0 Å². The van der Waals surface area contributed by atoms with Crippen molar-refractivity contribution in [2.75, 3.05) is 0 Å². The molecule has 3 aromatic rings. The molecule has 0 aliphatic heterocycles. The van der Waals surface area contributed by atoms with Gasteiger partial charge in [0, 0.05) is 11.3 Å². The molecule has 0 unspecified atom stereocenters. The Morgan fingerprint density at radius 2 is 1.95 bits per heavy atom. The van der Waals surface area contributed by atoms with Crippen LogP contribution in [0.4, 0.5) is 4.39 Å². The van der Waals surface area contributed by atoms with Gasteiger partial charge in [0.05, 0.1) is 23.5 Å². The summed E-state index contributed by atoms with van der Waals surface area (Å²) in [4.78, 5) is 4.27. The number of benzene rings is 2. The zero-order valence-corrected chi connectivity index (χ0v) is 10.0. The van der Waals surface area contributed by atoms with Gasteiger partial charge in [-0.1, -0.05) is 18.2 Å². The van der Waals surface area contributed by atoms with Gasteiger partial charge in [0.25, 0.3) is 0 Å². The molecule has 4 heteroatoms. The maximum atomic E-state index is 13.9. The normalized spacial score (nSPS) is 10.5. The second kappa shape index (κ2) is 4.54. The van der Waals surface area contributed by atoms with E-state index in [9.17, 15) is 4.39 Å². The van der Waals surface area contributed by atoms with Gasteiger partial charge in [-0.05, 0) is 24.3 Å². The number of para-hydroxylation sites is 1. The van der Waals surface area contributed by atoms with Crippen molar-refractivity contribution in [1.29, 1.82) is 5.26 Å². The lowest BCUT2D eigenvalue weighted by molar-refractivity contribution is 0.617. The Bertz CT molecular complexity index is 769. The summed E-state index contributed by atoms with van der Waals surface area (Å²) in [6.07, 6.45) is 1.68. The summed E-state index contributed by atoms with van der Waals surface area (Å²) < 4.78 is 15.7. The maximum Gasteiger partial charge on any atom is 0.129 e. The average Bonchev–Trinajstić information content (AvgIpc) is 2.87. The van der Waals surface area contributed by atoms with Gasteiger partial charge in [-0.25, -0.2) is 9.37 Å². The summed E-state index contributed by atoms with van der Waals surface area (Å²) in [5.41, 5.74) is 2.64. The molecule has 92 valence electrons. The molecule has 1 aromatic heterocycles. The molecule has 1 heterocycles. The van der Waals surface area contributed by atoms with Gasteiger partial charge in [0.15, 0.2) is 0 Å². The van der Waals surface area contributed by atoms with Crippen molar-refractivity contribution < 1.29 is 4.39 Å². The third-order valence-corrected chi connectivity index (χ3v) is 3.05. The van der Waals surface area contributed by atoms with Crippen LogP contribution in [0.15, 0.2) is 48.8 Å². The van der Waals surface area contributed by atoms with Gasteiger partial charge in [-0.2, -0.15) is 5.26 Å². The van der Waals surface area contributed by atoms with E-state index in [1.165, 1.54) is 6.07 Å². The monoisotopic (exact) mass is 251 g/mol. The van der Waals surface area contributed by atoms with Gasteiger partial charge in [0.2, 0.25) is 0 Å². The lowest BCUT2D eigenvalue weighted by Gasteiger charge is -2.07. The third-order valence-electron chi connectivity index (χ3n) is 3.05. The number of nitriles is 1. The minimum absolute atomic E-state index is 0.0295. The first-order valence-electron chi connectivity index (χ1n) is 5.88. The highest BCUT2D eigenvalue weighted by Crippen LogP contribution is 2.24. The van der Waals surface area contributed by atoms with Crippen LogP contribution in [0, 0.1) is 17.1 Å². The molecule has 3 nitrogen and oxygen atoms in total. The summed E-state index contributed by atoms with van der Waals surface area (Å²) in [5.74, 6) is -0.369. The molecular formula is C15H10FN3. The Balaban J connectivity index is 2.33. The van der Waals surface area contributed by atoms with Crippen molar-refractivity contribution in [1.82, 2.24) is 9.55 Å². The number of rotatable bonds is 2. The van der Waals surface area contributed by atoms with Gasteiger partial charge in [0.1, 0.15) is 12.1 Å². The highest BCUT2D eigenvalue weighted by Gasteiger charge is 2.13. The van der Waals surface area contributed by atoms with E-state index in [1.54, 1.807) is 12.4 Å². The minimum atomic E-state index is -0.369.